The van der Waals surface area contributed by atoms with E-state index in [1.807, 2.05) is 24.3 Å². The van der Waals surface area contributed by atoms with E-state index in [-0.39, 0.29) is 11.6 Å². The number of aryl methyl sites for hydroxylation is 1. The van der Waals surface area contributed by atoms with Crippen molar-refractivity contribution in [2.75, 3.05) is 5.32 Å². The Labute approximate surface area is 135 Å². The smallest absolute Gasteiger partial charge is 0.248 e. The van der Waals surface area contributed by atoms with E-state index in [0.29, 0.717) is 0 Å². The summed E-state index contributed by atoms with van der Waals surface area (Å²) in [5.74, 6) is 0. The minimum atomic E-state index is -0.0227. The van der Waals surface area contributed by atoms with Gasteiger partial charge in [-0.3, -0.25) is 4.79 Å². The van der Waals surface area contributed by atoms with Crippen molar-refractivity contribution >= 4 is 39.9 Å². The first kappa shape index (κ1) is 13.9. The molecule has 20 heavy (non-hydrogen) atoms. The van der Waals surface area contributed by atoms with Gasteiger partial charge in [0.1, 0.15) is 0 Å². The first-order valence-electron chi connectivity index (χ1n) is 6.57. The highest BCUT2D eigenvalue weighted by Gasteiger charge is 2.21. The summed E-state index contributed by atoms with van der Waals surface area (Å²) in [6.07, 6.45) is 3.09. The second kappa shape index (κ2) is 5.77. The number of H-pyrrole nitrogens is 1. The number of pyridine rings is 1. The molecule has 0 bridgehead atoms. The van der Waals surface area contributed by atoms with E-state index >= 15 is 0 Å². The molecule has 2 aromatic rings. The predicted octanol–water partition coefficient (Wildman–Crippen LogP) is 4.12. The van der Waals surface area contributed by atoms with E-state index in [9.17, 15) is 4.79 Å². The van der Waals surface area contributed by atoms with Gasteiger partial charge in [-0.1, -0.05) is 11.6 Å². The Hall–Kier alpha value is -1.01. The summed E-state index contributed by atoms with van der Waals surface area (Å²) in [7, 11) is 0. The van der Waals surface area contributed by atoms with Crippen molar-refractivity contribution in [2.24, 2.45) is 0 Å². The van der Waals surface area contributed by atoms with Crippen molar-refractivity contribution in [3.05, 3.63) is 60.5 Å². The van der Waals surface area contributed by atoms with Crippen LogP contribution in [0.4, 0.5) is 5.69 Å². The SMILES string of the molecule is O=c1ccc2c([nH]1)CCCC2Nc1ccc(Cl)cc1I. The van der Waals surface area contributed by atoms with Gasteiger partial charge in [-0.15, -0.1) is 0 Å². The standard InChI is InChI=1S/C15H14ClIN2O/c16-9-4-6-14(11(17)8-9)18-12-2-1-3-13-10(12)5-7-15(20)19-13/h4-8,12,18H,1-3H2,(H,19,20). The fourth-order valence-electron chi connectivity index (χ4n) is 2.64. The second-order valence-corrected chi connectivity index (χ2v) is 6.57. The van der Waals surface area contributed by atoms with Gasteiger partial charge >= 0.3 is 0 Å². The zero-order valence-electron chi connectivity index (χ0n) is 10.7. The normalized spacial score (nSPS) is 17.6. The van der Waals surface area contributed by atoms with E-state index in [2.05, 4.69) is 32.9 Å². The van der Waals surface area contributed by atoms with Gasteiger partial charge in [0.05, 0.1) is 6.04 Å². The predicted molar refractivity (Wildman–Crippen MR) is 90.5 cm³/mol. The van der Waals surface area contributed by atoms with Crippen LogP contribution in [-0.4, -0.2) is 4.98 Å². The summed E-state index contributed by atoms with van der Waals surface area (Å²) in [6, 6.07) is 9.62. The molecule has 0 amide bonds. The molecule has 104 valence electrons. The van der Waals surface area contributed by atoms with E-state index in [0.717, 1.165) is 39.2 Å². The molecule has 1 aromatic heterocycles. The molecule has 0 spiro atoms. The zero-order chi connectivity index (χ0) is 14.1. The van der Waals surface area contributed by atoms with Crippen molar-refractivity contribution < 1.29 is 0 Å². The Morgan fingerprint density at radius 1 is 1.30 bits per heavy atom. The lowest BCUT2D eigenvalue weighted by Gasteiger charge is -2.27. The largest absolute Gasteiger partial charge is 0.377 e. The van der Waals surface area contributed by atoms with Crippen LogP contribution in [0.5, 0.6) is 0 Å². The molecule has 3 rings (SSSR count). The highest BCUT2D eigenvalue weighted by Crippen LogP contribution is 2.32. The van der Waals surface area contributed by atoms with Crippen LogP contribution in [-0.2, 0) is 6.42 Å². The van der Waals surface area contributed by atoms with Crippen LogP contribution in [0.3, 0.4) is 0 Å². The van der Waals surface area contributed by atoms with Crippen LogP contribution in [0.25, 0.3) is 0 Å². The van der Waals surface area contributed by atoms with Gasteiger partial charge in [0.2, 0.25) is 5.56 Å². The molecule has 1 atom stereocenters. The third kappa shape index (κ3) is 2.86. The third-order valence-corrected chi connectivity index (χ3v) is 4.72. The second-order valence-electron chi connectivity index (χ2n) is 4.97. The molecular formula is C15H14ClIN2O. The molecular weight excluding hydrogens is 387 g/mol. The van der Waals surface area contributed by atoms with E-state index in [1.165, 1.54) is 5.56 Å². The van der Waals surface area contributed by atoms with Crippen molar-refractivity contribution in [1.29, 1.82) is 0 Å². The number of aromatic nitrogens is 1. The number of fused-ring (bicyclic) bond motifs is 1. The summed E-state index contributed by atoms with van der Waals surface area (Å²) in [4.78, 5) is 14.4. The summed E-state index contributed by atoms with van der Waals surface area (Å²) < 4.78 is 1.10. The number of halogens is 2. The zero-order valence-corrected chi connectivity index (χ0v) is 13.7. The highest BCUT2D eigenvalue weighted by atomic mass is 127. The van der Waals surface area contributed by atoms with Crippen molar-refractivity contribution in [3.63, 3.8) is 0 Å². The minimum Gasteiger partial charge on any atom is -0.377 e. The highest BCUT2D eigenvalue weighted by molar-refractivity contribution is 14.1. The number of hydrogen-bond acceptors (Lipinski definition) is 2. The van der Waals surface area contributed by atoms with Crippen LogP contribution >= 0.6 is 34.2 Å². The molecule has 1 unspecified atom stereocenters. The van der Waals surface area contributed by atoms with Crippen molar-refractivity contribution in [3.8, 4) is 0 Å². The van der Waals surface area contributed by atoms with E-state index in [4.69, 9.17) is 11.6 Å². The maximum atomic E-state index is 11.4. The van der Waals surface area contributed by atoms with Gasteiger partial charge in [-0.2, -0.15) is 0 Å². The van der Waals surface area contributed by atoms with Gasteiger partial charge in [0.25, 0.3) is 0 Å². The summed E-state index contributed by atoms with van der Waals surface area (Å²) in [5.41, 5.74) is 3.32. The fourth-order valence-corrected chi connectivity index (χ4v) is 3.67. The Morgan fingerprint density at radius 2 is 2.15 bits per heavy atom. The molecule has 1 aliphatic rings. The summed E-state index contributed by atoms with van der Waals surface area (Å²) >= 11 is 8.27. The van der Waals surface area contributed by atoms with Crippen LogP contribution in [0.2, 0.25) is 5.02 Å². The molecule has 0 fully saturated rings. The molecule has 2 N–H and O–H groups in total. The van der Waals surface area contributed by atoms with Crippen LogP contribution in [0.1, 0.15) is 30.1 Å². The van der Waals surface area contributed by atoms with Gasteiger partial charge in [0.15, 0.2) is 0 Å². The number of nitrogens with one attached hydrogen (secondary N) is 2. The molecule has 1 heterocycles. The Bertz CT molecular complexity index is 699. The van der Waals surface area contributed by atoms with Crippen LogP contribution < -0.4 is 10.9 Å². The van der Waals surface area contributed by atoms with E-state index in [1.54, 1.807) is 6.07 Å². The van der Waals surface area contributed by atoms with Crippen molar-refractivity contribution in [2.45, 2.75) is 25.3 Å². The molecule has 0 radical (unpaired) electrons. The number of benzene rings is 1. The average Bonchev–Trinajstić information content (AvgIpc) is 2.41. The van der Waals surface area contributed by atoms with Gasteiger partial charge < -0.3 is 10.3 Å². The molecule has 0 saturated heterocycles. The lowest BCUT2D eigenvalue weighted by Crippen LogP contribution is -2.21. The van der Waals surface area contributed by atoms with E-state index < -0.39 is 0 Å². The first-order chi connectivity index (χ1) is 9.63. The van der Waals surface area contributed by atoms with Gasteiger partial charge in [-0.25, -0.2) is 0 Å². The minimum absolute atomic E-state index is 0.0227. The molecule has 0 saturated carbocycles. The monoisotopic (exact) mass is 400 g/mol. The lowest BCUT2D eigenvalue weighted by molar-refractivity contribution is 0.586. The summed E-state index contributed by atoms with van der Waals surface area (Å²) in [6.45, 7) is 0. The maximum Gasteiger partial charge on any atom is 0.248 e. The Balaban J connectivity index is 1.91. The topological polar surface area (TPSA) is 44.9 Å². The quantitative estimate of drug-likeness (QED) is 0.745. The molecule has 1 aromatic carbocycles. The molecule has 0 aliphatic heterocycles. The molecule has 3 nitrogen and oxygen atoms in total. The summed E-state index contributed by atoms with van der Waals surface area (Å²) in [5, 5.41) is 4.31. The molecule has 5 heteroatoms. The van der Waals surface area contributed by atoms with Gasteiger partial charge in [0, 0.05) is 26.0 Å². The average molecular weight is 401 g/mol. The third-order valence-electron chi connectivity index (χ3n) is 3.59. The number of rotatable bonds is 2. The van der Waals surface area contributed by atoms with Crippen LogP contribution in [0, 0.1) is 3.57 Å². The Morgan fingerprint density at radius 3 is 2.95 bits per heavy atom. The number of aromatic amines is 1. The maximum absolute atomic E-state index is 11.4. The first-order valence-corrected chi connectivity index (χ1v) is 8.03. The lowest BCUT2D eigenvalue weighted by atomic mass is 9.91. The van der Waals surface area contributed by atoms with Crippen molar-refractivity contribution in [1.82, 2.24) is 4.98 Å². The van der Waals surface area contributed by atoms with Crippen LogP contribution in [0.15, 0.2) is 35.1 Å². The number of hydrogen-bond donors (Lipinski definition) is 2. The fraction of sp³-hybridized carbons (Fsp3) is 0.267. The number of anilines is 1. The van der Waals surface area contributed by atoms with Gasteiger partial charge in [-0.05, 0) is 71.7 Å². The molecule has 1 aliphatic carbocycles. The Kier molecular flexibility index (Phi) is 4.03.